The number of aromatic nitrogens is 2. The van der Waals surface area contributed by atoms with Gasteiger partial charge in [-0.05, 0) is 48.7 Å². The largest absolute Gasteiger partial charge is 0.469 e. The first kappa shape index (κ1) is 26.7. The van der Waals surface area contributed by atoms with Crippen LogP contribution in [0.4, 0.5) is 4.39 Å². The van der Waals surface area contributed by atoms with Crippen LogP contribution in [0.15, 0.2) is 59.5 Å². The van der Waals surface area contributed by atoms with Gasteiger partial charge in [0.1, 0.15) is 11.6 Å². The van der Waals surface area contributed by atoms with Crippen molar-refractivity contribution < 1.29 is 24.1 Å². The lowest BCUT2D eigenvalue weighted by Gasteiger charge is -2.14. The molecule has 8 heteroatoms. The first-order valence-electron chi connectivity index (χ1n) is 11.4. The van der Waals surface area contributed by atoms with Gasteiger partial charge < -0.3 is 19.5 Å². The number of ether oxygens (including phenoxy) is 1. The van der Waals surface area contributed by atoms with Crippen LogP contribution in [-0.4, -0.2) is 51.3 Å². The predicted octanol–water partition coefficient (Wildman–Crippen LogP) is 5.35. The quantitative estimate of drug-likeness (QED) is 0.290. The molecule has 6 nitrogen and oxygen atoms in total. The van der Waals surface area contributed by atoms with Crippen molar-refractivity contribution in [2.45, 2.75) is 49.7 Å². The summed E-state index contributed by atoms with van der Waals surface area (Å²) in [5, 5.41) is 20.6. The third-order valence-electron chi connectivity index (χ3n) is 5.52. The number of methoxy groups -OCH3 is 1. The highest BCUT2D eigenvalue weighted by Crippen LogP contribution is 2.36. The first-order chi connectivity index (χ1) is 16.7. The van der Waals surface area contributed by atoms with Gasteiger partial charge in [0.05, 0.1) is 37.1 Å². The Balaban J connectivity index is 2.09. The zero-order valence-corrected chi connectivity index (χ0v) is 21.1. The fraction of sp³-hybridized carbons (Fsp3) is 0.333. The number of hydrogen-bond acceptors (Lipinski definition) is 6. The molecule has 1 aromatic heterocycles. The molecule has 3 aromatic rings. The highest BCUT2D eigenvalue weighted by Gasteiger charge is 2.22. The summed E-state index contributed by atoms with van der Waals surface area (Å²) in [7, 11) is 1.25. The standard InChI is InChI=1S/C27H31FN2O4S/c1-17(2)27-29-25(18-8-10-20(28)11-9-18)26(19-6-5-7-23(14-19)35-4)30(27)13-12-21(31)15-22(32)16-24(33)34-3/h5-14,17,21-22,31-32H,15-16H2,1-4H3/b13-12+. The van der Waals surface area contributed by atoms with E-state index in [0.29, 0.717) is 5.69 Å². The number of imidazole rings is 1. The summed E-state index contributed by atoms with van der Waals surface area (Å²) in [5.74, 6) is -0.0344. The van der Waals surface area contributed by atoms with Gasteiger partial charge >= 0.3 is 5.97 Å². The smallest absolute Gasteiger partial charge is 0.308 e. The molecule has 186 valence electrons. The molecule has 0 fully saturated rings. The van der Waals surface area contributed by atoms with E-state index in [-0.39, 0.29) is 24.6 Å². The molecule has 2 aromatic carbocycles. The van der Waals surface area contributed by atoms with Crippen LogP contribution in [-0.2, 0) is 9.53 Å². The van der Waals surface area contributed by atoms with Crippen LogP contribution in [0.2, 0.25) is 0 Å². The van der Waals surface area contributed by atoms with Crippen molar-refractivity contribution in [3.05, 3.63) is 66.2 Å². The van der Waals surface area contributed by atoms with Crippen molar-refractivity contribution in [1.29, 1.82) is 0 Å². The van der Waals surface area contributed by atoms with Gasteiger partial charge in [-0.15, -0.1) is 11.8 Å². The number of hydrogen-bond donors (Lipinski definition) is 2. The summed E-state index contributed by atoms with van der Waals surface area (Å²) in [6, 6.07) is 14.3. The topological polar surface area (TPSA) is 84.6 Å². The molecule has 35 heavy (non-hydrogen) atoms. The van der Waals surface area contributed by atoms with Gasteiger partial charge in [0.15, 0.2) is 0 Å². The number of benzene rings is 2. The molecule has 0 aliphatic rings. The summed E-state index contributed by atoms with van der Waals surface area (Å²) in [6.45, 7) is 4.06. The van der Waals surface area contributed by atoms with E-state index in [1.165, 1.54) is 19.2 Å². The van der Waals surface area contributed by atoms with E-state index in [4.69, 9.17) is 4.98 Å². The minimum absolute atomic E-state index is 0.0145. The van der Waals surface area contributed by atoms with Crippen molar-refractivity contribution >= 4 is 23.9 Å². The van der Waals surface area contributed by atoms with E-state index in [1.807, 2.05) is 42.9 Å². The summed E-state index contributed by atoms with van der Waals surface area (Å²) in [4.78, 5) is 17.4. The van der Waals surface area contributed by atoms with E-state index >= 15 is 0 Å². The highest BCUT2D eigenvalue weighted by atomic mass is 32.2. The van der Waals surface area contributed by atoms with Crippen molar-refractivity contribution in [3.8, 4) is 22.5 Å². The van der Waals surface area contributed by atoms with Gasteiger partial charge in [0, 0.05) is 34.6 Å². The number of carbonyl (C=O) groups excluding carboxylic acids is 1. The first-order valence-corrected chi connectivity index (χ1v) is 12.6. The molecule has 0 saturated carbocycles. The van der Waals surface area contributed by atoms with Crippen molar-refractivity contribution in [2.24, 2.45) is 0 Å². The summed E-state index contributed by atoms with van der Waals surface area (Å²) >= 11 is 1.63. The summed E-state index contributed by atoms with van der Waals surface area (Å²) in [5.41, 5.74) is 3.23. The van der Waals surface area contributed by atoms with Crippen LogP contribution in [0.5, 0.6) is 0 Å². The van der Waals surface area contributed by atoms with Crippen molar-refractivity contribution in [2.75, 3.05) is 13.4 Å². The maximum Gasteiger partial charge on any atom is 0.308 e. The second kappa shape index (κ2) is 12.2. The lowest BCUT2D eigenvalue weighted by molar-refractivity contribution is -0.143. The Morgan fingerprint density at radius 3 is 2.51 bits per heavy atom. The van der Waals surface area contributed by atoms with Gasteiger partial charge in [-0.1, -0.05) is 26.0 Å². The van der Waals surface area contributed by atoms with E-state index in [2.05, 4.69) is 10.8 Å². The average molecular weight is 499 g/mol. The third kappa shape index (κ3) is 6.81. The number of carbonyl (C=O) groups is 1. The fourth-order valence-electron chi connectivity index (χ4n) is 3.77. The SMILES string of the molecule is COC(=O)CC(O)CC(O)/C=C/n1c(C(C)C)nc(-c2ccc(F)cc2)c1-c1cccc(SC)c1. The molecule has 0 aliphatic carbocycles. The van der Waals surface area contributed by atoms with E-state index in [1.54, 1.807) is 36.2 Å². The van der Waals surface area contributed by atoms with Gasteiger partial charge in [-0.3, -0.25) is 4.79 Å². The Labute approximate surface area is 209 Å². The number of thioether (sulfide) groups is 1. The molecular formula is C27H31FN2O4S. The van der Waals surface area contributed by atoms with Crippen LogP contribution >= 0.6 is 11.8 Å². The lowest BCUT2D eigenvalue weighted by atomic mass is 10.0. The van der Waals surface area contributed by atoms with Gasteiger partial charge in [-0.25, -0.2) is 9.37 Å². The Bertz CT molecular complexity index is 1170. The molecule has 0 aliphatic heterocycles. The zero-order valence-electron chi connectivity index (χ0n) is 20.3. The average Bonchev–Trinajstić information content (AvgIpc) is 3.22. The molecule has 0 saturated heterocycles. The number of halogens is 1. The van der Waals surface area contributed by atoms with Crippen molar-refractivity contribution in [3.63, 3.8) is 0 Å². The van der Waals surface area contributed by atoms with Crippen LogP contribution in [0.25, 0.3) is 28.7 Å². The molecule has 2 N–H and O–H groups in total. The number of nitrogens with zero attached hydrogens (tertiary/aromatic N) is 2. The molecule has 0 radical (unpaired) electrons. The molecule has 0 bridgehead atoms. The molecule has 2 unspecified atom stereocenters. The molecule has 2 atom stereocenters. The van der Waals surface area contributed by atoms with Gasteiger partial charge in [0.2, 0.25) is 0 Å². The number of aliphatic hydroxyl groups is 2. The van der Waals surface area contributed by atoms with Crippen LogP contribution in [0.3, 0.4) is 0 Å². The predicted molar refractivity (Wildman–Crippen MR) is 138 cm³/mol. The second-order valence-corrected chi connectivity index (χ2v) is 9.39. The number of esters is 1. The Hall–Kier alpha value is -2.94. The monoisotopic (exact) mass is 498 g/mol. The van der Waals surface area contributed by atoms with Gasteiger partial charge in [-0.2, -0.15) is 0 Å². The molecule has 0 amide bonds. The van der Waals surface area contributed by atoms with E-state index in [0.717, 1.165) is 27.5 Å². The highest BCUT2D eigenvalue weighted by molar-refractivity contribution is 7.98. The molecule has 1 heterocycles. The van der Waals surface area contributed by atoms with E-state index in [9.17, 15) is 19.4 Å². The third-order valence-corrected chi connectivity index (χ3v) is 6.24. The van der Waals surface area contributed by atoms with Crippen LogP contribution in [0, 0.1) is 5.82 Å². The normalized spacial score (nSPS) is 13.4. The fourth-order valence-corrected chi connectivity index (χ4v) is 4.22. The maximum absolute atomic E-state index is 13.6. The summed E-state index contributed by atoms with van der Waals surface area (Å²) in [6.07, 6.45) is 3.10. The molecule has 3 rings (SSSR count). The van der Waals surface area contributed by atoms with Crippen LogP contribution < -0.4 is 0 Å². The number of rotatable bonds is 10. The number of aliphatic hydroxyl groups excluding tert-OH is 2. The Kier molecular flexibility index (Phi) is 9.26. The zero-order chi connectivity index (χ0) is 25.5. The molecule has 0 spiro atoms. The second-order valence-electron chi connectivity index (χ2n) is 8.51. The minimum Gasteiger partial charge on any atom is -0.469 e. The van der Waals surface area contributed by atoms with E-state index < -0.39 is 18.2 Å². The van der Waals surface area contributed by atoms with Gasteiger partial charge in [0.25, 0.3) is 0 Å². The Morgan fingerprint density at radius 1 is 1.17 bits per heavy atom. The Morgan fingerprint density at radius 2 is 1.89 bits per heavy atom. The molecular weight excluding hydrogens is 467 g/mol. The van der Waals surface area contributed by atoms with Crippen LogP contribution in [0.1, 0.15) is 38.4 Å². The lowest BCUT2D eigenvalue weighted by Crippen LogP contribution is -2.20. The summed E-state index contributed by atoms with van der Waals surface area (Å²) < 4.78 is 20.1. The maximum atomic E-state index is 13.6. The minimum atomic E-state index is -1.03. The van der Waals surface area contributed by atoms with Crippen molar-refractivity contribution in [1.82, 2.24) is 9.55 Å².